The van der Waals surface area contributed by atoms with Crippen LogP contribution in [0.5, 0.6) is 5.75 Å². The van der Waals surface area contributed by atoms with E-state index in [4.69, 9.17) is 5.11 Å². The molecule has 4 rings (SSSR count). The second kappa shape index (κ2) is 9.92. The lowest BCUT2D eigenvalue weighted by Gasteiger charge is -2.30. The van der Waals surface area contributed by atoms with Gasteiger partial charge in [0.1, 0.15) is 11.6 Å². The number of aromatic nitrogens is 2. The minimum atomic E-state index is -0.691. The lowest BCUT2D eigenvalue weighted by Crippen LogP contribution is -2.37. The molecule has 166 valence electrons. The predicted molar refractivity (Wildman–Crippen MR) is 124 cm³/mol. The van der Waals surface area contributed by atoms with Gasteiger partial charge in [0.2, 0.25) is 0 Å². The van der Waals surface area contributed by atoms with Crippen LogP contribution in [-0.2, 0) is 17.6 Å². The van der Waals surface area contributed by atoms with Gasteiger partial charge in [0, 0.05) is 30.9 Å². The molecule has 6 nitrogen and oxygen atoms in total. The minimum absolute atomic E-state index is 0.222. The van der Waals surface area contributed by atoms with E-state index in [0.717, 1.165) is 54.1 Å². The molecule has 0 unspecified atom stereocenters. The first-order chi connectivity index (χ1) is 15.5. The molecule has 0 atom stereocenters. The van der Waals surface area contributed by atoms with Gasteiger partial charge in [-0.05, 0) is 62.0 Å². The molecule has 1 aliphatic heterocycles. The molecule has 1 aromatic heterocycles. The molecule has 1 aliphatic rings. The maximum absolute atomic E-state index is 11.1. The highest BCUT2D eigenvalue weighted by molar-refractivity contribution is 5.70. The highest BCUT2D eigenvalue weighted by Crippen LogP contribution is 2.23. The number of carboxylic acid groups (broad SMARTS) is 1. The molecule has 2 N–H and O–H groups in total. The Morgan fingerprint density at radius 1 is 1.03 bits per heavy atom. The van der Waals surface area contributed by atoms with Crippen LogP contribution in [0.4, 0.5) is 0 Å². The Hall–Kier alpha value is -3.25. The normalized spacial score (nSPS) is 15.0. The number of hydrogen-bond donors (Lipinski definition) is 2. The number of benzene rings is 2. The van der Waals surface area contributed by atoms with Crippen LogP contribution in [-0.4, -0.2) is 50.7 Å². The lowest BCUT2D eigenvalue weighted by molar-refractivity contribution is -0.143. The number of aryl methyl sites for hydroxylation is 1. The number of phenols is 1. The highest BCUT2D eigenvalue weighted by Gasteiger charge is 2.24. The fraction of sp³-hybridized carbons (Fsp3) is 0.346. The Morgan fingerprint density at radius 2 is 1.72 bits per heavy atom. The van der Waals surface area contributed by atoms with Crippen molar-refractivity contribution in [3.63, 3.8) is 0 Å². The molecule has 3 aromatic rings. The summed E-state index contributed by atoms with van der Waals surface area (Å²) in [5.41, 5.74) is 5.28. The Kier molecular flexibility index (Phi) is 6.81. The first-order valence-electron chi connectivity index (χ1n) is 11.1. The monoisotopic (exact) mass is 431 g/mol. The van der Waals surface area contributed by atoms with Crippen molar-refractivity contribution in [3.05, 3.63) is 77.4 Å². The Balaban J connectivity index is 1.36. The predicted octanol–water partition coefficient (Wildman–Crippen LogP) is 4.09. The van der Waals surface area contributed by atoms with Crippen molar-refractivity contribution < 1.29 is 15.0 Å². The molecule has 0 saturated carbocycles. The third-order valence-corrected chi connectivity index (χ3v) is 6.23. The van der Waals surface area contributed by atoms with E-state index in [1.807, 2.05) is 24.5 Å². The molecule has 1 fully saturated rings. The van der Waals surface area contributed by atoms with Crippen molar-refractivity contribution in [2.24, 2.45) is 5.92 Å². The summed E-state index contributed by atoms with van der Waals surface area (Å²) >= 11 is 0. The molecule has 0 aliphatic carbocycles. The standard InChI is InChI=1S/C26H29N3O3/c1-18-2-5-20(6-3-18)23-16-27-25(28-17-23)15-19-4-7-24(30)22(14-19)10-13-29-11-8-21(9-12-29)26(31)32/h2-7,14,16-17,21,30H,8-13,15H2,1H3,(H,31,32). The molecule has 2 aromatic carbocycles. The zero-order valence-electron chi connectivity index (χ0n) is 18.4. The summed E-state index contributed by atoms with van der Waals surface area (Å²) in [6.45, 7) is 4.46. The maximum Gasteiger partial charge on any atom is 0.306 e. The van der Waals surface area contributed by atoms with Crippen LogP contribution in [0.15, 0.2) is 54.9 Å². The smallest absolute Gasteiger partial charge is 0.306 e. The van der Waals surface area contributed by atoms with Crippen LogP contribution in [0.25, 0.3) is 11.1 Å². The van der Waals surface area contributed by atoms with Gasteiger partial charge in [-0.2, -0.15) is 0 Å². The topological polar surface area (TPSA) is 86.6 Å². The van der Waals surface area contributed by atoms with Gasteiger partial charge in [0.25, 0.3) is 0 Å². The third-order valence-electron chi connectivity index (χ3n) is 6.23. The van der Waals surface area contributed by atoms with Crippen LogP contribution < -0.4 is 0 Å². The van der Waals surface area contributed by atoms with E-state index in [2.05, 4.69) is 46.1 Å². The molecule has 0 spiro atoms. The number of phenolic OH excluding ortho intramolecular Hbond substituents is 1. The van der Waals surface area contributed by atoms with Gasteiger partial charge in [-0.3, -0.25) is 4.79 Å². The zero-order chi connectivity index (χ0) is 22.5. The molecular formula is C26H29N3O3. The van der Waals surface area contributed by atoms with Crippen molar-refractivity contribution in [1.29, 1.82) is 0 Å². The maximum atomic E-state index is 11.1. The minimum Gasteiger partial charge on any atom is -0.508 e. The summed E-state index contributed by atoms with van der Waals surface area (Å²) in [5.74, 6) is 0.127. The number of hydrogen-bond acceptors (Lipinski definition) is 5. The number of aliphatic carboxylic acids is 1. The molecule has 2 heterocycles. The van der Waals surface area contributed by atoms with Gasteiger partial charge in [-0.15, -0.1) is 0 Å². The second-order valence-corrected chi connectivity index (χ2v) is 8.60. The van der Waals surface area contributed by atoms with Crippen molar-refractivity contribution in [2.75, 3.05) is 19.6 Å². The molecular weight excluding hydrogens is 402 g/mol. The van der Waals surface area contributed by atoms with Crippen molar-refractivity contribution in [3.8, 4) is 16.9 Å². The van der Waals surface area contributed by atoms with Crippen molar-refractivity contribution in [1.82, 2.24) is 14.9 Å². The Bertz CT molecular complexity index is 1060. The average molecular weight is 432 g/mol. The van der Waals surface area contributed by atoms with Crippen LogP contribution in [0.3, 0.4) is 0 Å². The van der Waals surface area contributed by atoms with Gasteiger partial charge in [-0.1, -0.05) is 42.0 Å². The number of nitrogens with zero attached hydrogens (tertiary/aromatic N) is 3. The van der Waals surface area contributed by atoms with E-state index in [1.165, 1.54) is 5.56 Å². The van der Waals surface area contributed by atoms with Gasteiger partial charge in [0.15, 0.2) is 0 Å². The molecule has 0 amide bonds. The molecule has 32 heavy (non-hydrogen) atoms. The summed E-state index contributed by atoms with van der Waals surface area (Å²) in [5, 5.41) is 19.4. The van der Waals surface area contributed by atoms with E-state index in [-0.39, 0.29) is 5.92 Å². The third kappa shape index (κ3) is 5.51. The van der Waals surface area contributed by atoms with Crippen LogP contribution in [0.1, 0.15) is 35.4 Å². The lowest BCUT2D eigenvalue weighted by atomic mass is 9.96. The summed E-state index contributed by atoms with van der Waals surface area (Å²) in [4.78, 5) is 22.5. The Morgan fingerprint density at radius 3 is 2.38 bits per heavy atom. The molecule has 1 saturated heterocycles. The number of aromatic hydroxyl groups is 1. The first-order valence-corrected chi connectivity index (χ1v) is 11.1. The van der Waals surface area contributed by atoms with Gasteiger partial charge in [0.05, 0.1) is 5.92 Å². The summed E-state index contributed by atoms with van der Waals surface area (Å²) in [6, 6.07) is 14.0. The Labute approximate surface area is 188 Å². The number of piperidine rings is 1. The summed E-state index contributed by atoms with van der Waals surface area (Å²) in [6.07, 6.45) is 6.43. The summed E-state index contributed by atoms with van der Waals surface area (Å²) < 4.78 is 0. The fourth-order valence-electron chi connectivity index (χ4n) is 4.15. The van der Waals surface area contributed by atoms with E-state index in [1.54, 1.807) is 6.07 Å². The van der Waals surface area contributed by atoms with Crippen LogP contribution in [0.2, 0.25) is 0 Å². The molecule has 0 bridgehead atoms. The van der Waals surface area contributed by atoms with Crippen molar-refractivity contribution in [2.45, 2.75) is 32.6 Å². The van der Waals surface area contributed by atoms with E-state index < -0.39 is 5.97 Å². The quantitative estimate of drug-likeness (QED) is 0.586. The van der Waals surface area contributed by atoms with Crippen LogP contribution >= 0.6 is 0 Å². The average Bonchev–Trinajstić information content (AvgIpc) is 2.81. The largest absolute Gasteiger partial charge is 0.508 e. The first kappa shape index (κ1) is 22.0. The van der Waals surface area contributed by atoms with Crippen molar-refractivity contribution >= 4 is 5.97 Å². The number of carbonyl (C=O) groups is 1. The zero-order valence-corrected chi connectivity index (χ0v) is 18.4. The molecule has 6 heteroatoms. The number of carboxylic acids is 1. The van der Waals surface area contributed by atoms with E-state index >= 15 is 0 Å². The number of rotatable bonds is 7. The van der Waals surface area contributed by atoms with Gasteiger partial charge in [-0.25, -0.2) is 9.97 Å². The van der Waals surface area contributed by atoms with E-state index in [0.29, 0.717) is 25.0 Å². The molecule has 0 radical (unpaired) electrons. The number of likely N-dealkylation sites (tertiary alicyclic amines) is 1. The second-order valence-electron chi connectivity index (χ2n) is 8.60. The van der Waals surface area contributed by atoms with Gasteiger partial charge < -0.3 is 15.1 Å². The van der Waals surface area contributed by atoms with Crippen LogP contribution in [0, 0.1) is 12.8 Å². The summed E-state index contributed by atoms with van der Waals surface area (Å²) in [7, 11) is 0. The highest BCUT2D eigenvalue weighted by atomic mass is 16.4. The SMILES string of the molecule is Cc1ccc(-c2cnc(Cc3ccc(O)c(CCN4CCC(C(=O)O)CC4)c3)nc2)cc1. The fourth-order valence-corrected chi connectivity index (χ4v) is 4.15. The van der Waals surface area contributed by atoms with E-state index in [9.17, 15) is 9.90 Å². The van der Waals surface area contributed by atoms with Gasteiger partial charge >= 0.3 is 5.97 Å².